The molecule has 2 aromatic rings. The molecule has 0 aliphatic carbocycles. The average Bonchev–Trinajstić information content (AvgIpc) is 2.93. The Morgan fingerprint density at radius 3 is 2.50 bits per heavy atom. The molecule has 0 radical (unpaired) electrons. The Morgan fingerprint density at radius 1 is 1.12 bits per heavy atom. The fourth-order valence-electron chi connectivity index (χ4n) is 3.00. The summed E-state index contributed by atoms with van der Waals surface area (Å²) >= 11 is 0. The number of carbonyl (C=O) groups is 2. The van der Waals surface area contributed by atoms with Crippen molar-refractivity contribution in [1.82, 2.24) is 0 Å². The molecule has 26 heavy (non-hydrogen) atoms. The lowest BCUT2D eigenvalue weighted by atomic mass is 10.0. The highest BCUT2D eigenvalue weighted by Gasteiger charge is 2.35. The highest BCUT2D eigenvalue weighted by atomic mass is 16.2. The lowest BCUT2D eigenvalue weighted by Gasteiger charge is -2.16. The normalized spacial score (nSPS) is 14.6. The zero-order valence-corrected chi connectivity index (χ0v) is 14.5. The van der Waals surface area contributed by atoms with Gasteiger partial charge in [-0.1, -0.05) is 49.7 Å². The van der Waals surface area contributed by atoms with Gasteiger partial charge in [0.15, 0.2) is 0 Å². The number of fused-ring (bicyclic) bond motifs is 1. The standard InChI is InChI=1S/C21H19N3O2/c1-2-3-13-24-18-12-8-7-11-16(18)19(21(24)26)17(14-22)20(25)23-15-9-5-4-6-10-15/h4-12H,2-3,13H2,1H3,(H,23,25). The Bertz CT molecular complexity index is 910. The maximum atomic E-state index is 13.0. The lowest BCUT2D eigenvalue weighted by molar-refractivity contribution is -0.114. The number of benzene rings is 2. The van der Waals surface area contributed by atoms with Crippen molar-refractivity contribution in [2.75, 3.05) is 16.8 Å². The molecule has 0 saturated carbocycles. The van der Waals surface area contributed by atoms with E-state index in [-0.39, 0.29) is 17.1 Å². The molecule has 0 aromatic heterocycles. The van der Waals surface area contributed by atoms with Gasteiger partial charge in [0, 0.05) is 17.8 Å². The van der Waals surface area contributed by atoms with Gasteiger partial charge in [0.05, 0.1) is 11.3 Å². The van der Waals surface area contributed by atoms with Crippen molar-refractivity contribution in [2.45, 2.75) is 19.8 Å². The van der Waals surface area contributed by atoms with Gasteiger partial charge in [-0.25, -0.2) is 0 Å². The number of unbranched alkanes of at least 4 members (excludes halogenated alkanes) is 1. The average molecular weight is 345 g/mol. The molecule has 0 fully saturated rings. The Hall–Kier alpha value is -3.39. The third kappa shape index (κ3) is 3.22. The second-order valence-corrected chi connectivity index (χ2v) is 6.01. The fourth-order valence-corrected chi connectivity index (χ4v) is 3.00. The molecule has 3 rings (SSSR count). The van der Waals surface area contributed by atoms with E-state index in [4.69, 9.17) is 0 Å². The number of amides is 2. The second-order valence-electron chi connectivity index (χ2n) is 6.01. The number of nitrogens with zero attached hydrogens (tertiary/aromatic N) is 2. The van der Waals surface area contributed by atoms with Gasteiger partial charge in [0.2, 0.25) is 0 Å². The highest BCUT2D eigenvalue weighted by molar-refractivity contribution is 6.37. The molecule has 0 bridgehead atoms. The zero-order valence-electron chi connectivity index (χ0n) is 14.5. The van der Waals surface area contributed by atoms with Crippen LogP contribution in [0.5, 0.6) is 0 Å². The van der Waals surface area contributed by atoms with E-state index in [0.29, 0.717) is 17.8 Å². The monoisotopic (exact) mass is 345 g/mol. The van der Waals surface area contributed by atoms with Crippen molar-refractivity contribution in [3.63, 3.8) is 0 Å². The number of carbonyl (C=O) groups excluding carboxylic acids is 2. The van der Waals surface area contributed by atoms with Crippen LogP contribution in [0.25, 0.3) is 5.57 Å². The van der Waals surface area contributed by atoms with E-state index >= 15 is 0 Å². The number of nitriles is 1. The summed E-state index contributed by atoms with van der Waals surface area (Å²) in [5.74, 6) is -0.867. The Morgan fingerprint density at radius 2 is 1.81 bits per heavy atom. The van der Waals surface area contributed by atoms with Crippen molar-refractivity contribution in [3.05, 3.63) is 65.7 Å². The first-order valence-electron chi connectivity index (χ1n) is 8.59. The van der Waals surface area contributed by atoms with Gasteiger partial charge < -0.3 is 10.2 Å². The number of hydrogen-bond donors (Lipinski definition) is 1. The van der Waals surface area contributed by atoms with Crippen LogP contribution >= 0.6 is 0 Å². The lowest BCUT2D eigenvalue weighted by Crippen LogP contribution is -2.28. The summed E-state index contributed by atoms with van der Waals surface area (Å²) in [6.07, 6.45) is 1.80. The third-order valence-corrected chi connectivity index (χ3v) is 4.28. The van der Waals surface area contributed by atoms with Crippen molar-refractivity contribution in [2.24, 2.45) is 0 Å². The first kappa shape index (κ1) is 17.4. The molecule has 0 saturated heterocycles. The van der Waals surface area contributed by atoms with Crippen molar-refractivity contribution in [1.29, 1.82) is 5.26 Å². The van der Waals surface area contributed by atoms with Gasteiger partial charge in [-0.2, -0.15) is 5.26 Å². The predicted octanol–water partition coefficient (Wildman–Crippen LogP) is 3.75. The van der Waals surface area contributed by atoms with E-state index in [1.807, 2.05) is 24.3 Å². The second kappa shape index (κ2) is 7.66. The van der Waals surface area contributed by atoms with E-state index in [1.54, 1.807) is 41.3 Å². The minimum absolute atomic E-state index is 0.162. The van der Waals surface area contributed by atoms with Gasteiger partial charge in [-0.05, 0) is 24.6 Å². The number of anilines is 2. The predicted molar refractivity (Wildman–Crippen MR) is 101 cm³/mol. The molecule has 130 valence electrons. The highest BCUT2D eigenvalue weighted by Crippen LogP contribution is 2.38. The molecule has 2 amide bonds. The molecular weight excluding hydrogens is 326 g/mol. The van der Waals surface area contributed by atoms with E-state index in [2.05, 4.69) is 12.2 Å². The van der Waals surface area contributed by atoms with Crippen LogP contribution in [-0.4, -0.2) is 18.4 Å². The molecule has 1 heterocycles. The molecule has 0 unspecified atom stereocenters. The number of nitrogens with one attached hydrogen (secondary N) is 1. The zero-order chi connectivity index (χ0) is 18.5. The molecule has 5 heteroatoms. The first-order chi connectivity index (χ1) is 12.7. The van der Waals surface area contributed by atoms with Crippen LogP contribution in [0.2, 0.25) is 0 Å². The molecule has 1 aliphatic heterocycles. The van der Waals surface area contributed by atoms with Crippen LogP contribution in [-0.2, 0) is 9.59 Å². The molecule has 0 atom stereocenters. The molecule has 0 spiro atoms. The van der Waals surface area contributed by atoms with Crippen LogP contribution in [0, 0.1) is 11.3 Å². The van der Waals surface area contributed by atoms with Gasteiger partial charge >= 0.3 is 0 Å². The number of hydrogen-bond acceptors (Lipinski definition) is 3. The van der Waals surface area contributed by atoms with E-state index in [1.165, 1.54) is 0 Å². The largest absolute Gasteiger partial charge is 0.321 e. The maximum absolute atomic E-state index is 13.0. The van der Waals surface area contributed by atoms with Crippen molar-refractivity contribution >= 4 is 28.8 Å². The fraction of sp³-hybridized carbons (Fsp3) is 0.190. The molecular formula is C21H19N3O2. The SMILES string of the molecule is CCCCN1C(=O)C(=C(C#N)C(=O)Nc2ccccc2)c2ccccc21. The Labute approximate surface area is 152 Å². The summed E-state index contributed by atoms with van der Waals surface area (Å²) in [7, 11) is 0. The van der Waals surface area contributed by atoms with E-state index in [0.717, 1.165) is 18.5 Å². The summed E-state index contributed by atoms with van der Waals surface area (Å²) in [4.78, 5) is 27.3. The summed E-state index contributed by atoms with van der Waals surface area (Å²) in [6.45, 7) is 2.62. The minimum atomic E-state index is -0.575. The first-order valence-corrected chi connectivity index (χ1v) is 8.59. The quantitative estimate of drug-likeness (QED) is 0.662. The van der Waals surface area contributed by atoms with Gasteiger partial charge in [-0.3, -0.25) is 9.59 Å². The van der Waals surface area contributed by atoms with Crippen LogP contribution in [0.3, 0.4) is 0 Å². The van der Waals surface area contributed by atoms with Gasteiger partial charge in [-0.15, -0.1) is 0 Å². The van der Waals surface area contributed by atoms with Crippen molar-refractivity contribution in [3.8, 4) is 6.07 Å². The van der Waals surface area contributed by atoms with Crippen LogP contribution in [0.1, 0.15) is 25.3 Å². The Kier molecular flexibility index (Phi) is 5.14. The van der Waals surface area contributed by atoms with Gasteiger partial charge in [0.1, 0.15) is 11.6 Å². The molecule has 2 aromatic carbocycles. The Balaban J connectivity index is 2.02. The van der Waals surface area contributed by atoms with Gasteiger partial charge in [0.25, 0.3) is 11.8 Å². The smallest absolute Gasteiger partial charge is 0.267 e. The van der Waals surface area contributed by atoms with Crippen LogP contribution < -0.4 is 10.2 Å². The molecule has 1 N–H and O–H groups in total. The number of para-hydroxylation sites is 2. The number of rotatable bonds is 5. The summed E-state index contributed by atoms with van der Waals surface area (Å²) < 4.78 is 0. The maximum Gasteiger partial charge on any atom is 0.267 e. The summed E-state index contributed by atoms with van der Waals surface area (Å²) in [5, 5.41) is 12.3. The minimum Gasteiger partial charge on any atom is -0.321 e. The van der Waals surface area contributed by atoms with Crippen molar-refractivity contribution < 1.29 is 9.59 Å². The van der Waals surface area contributed by atoms with E-state index < -0.39 is 5.91 Å². The molecule has 1 aliphatic rings. The van der Waals surface area contributed by atoms with Crippen LogP contribution in [0.4, 0.5) is 11.4 Å². The van der Waals surface area contributed by atoms with Crippen LogP contribution in [0.15, 0.2) is 60.2 Å². The summed E-state index contributed by atoms with van der Waals surface area (Å²) in [5.41, 5.74) is 1.97. The summed E-state index contributed by atoms with van der Waals surface area (Å²) in [6, 6.07) is 18.1. The third-order valence-electron chi connectivity index (χ3n) is 4.28. The molecule has 5 nitrogen and oxygen atoms in total. The topological polar surface area (TPSA) is 73.2 Å². The van der Waals surface area contributed by atoms with E-state index in [9.17, 15) is 14.9 Å².